The molecule has 0 aliphatic carbocycles. The van der Waals surface area contributed by atoms with Crippen LogP contribution in [0.5, 0.6) is 0 Å². The Bertz CT molecular complexity index is 607. The van der Waals surface area contributed by atoms with Crippen LogP contribution >= 0.6 is 11.6 Å². The molecule has 2 aromatic carbocycles. The van der Waals surface area contributed by atoms with E-state index in [2.05, 4.69) is 0 Å². The summed E-state index contributed by atoms with van der Waals surface area (Å²) in [6, 6.07) is 12.0. The number of hydrogen-bond donors (Lipinski definition) is 0. The van der Waals surface area contributed by atoms with Crippen molar-refractivity contribution in [3.05, 3.63) is 70.0 Å². The molecule has 2 rings (SSSR count). The van der Waals surface area contributed by atoms with E-state index in [1.54, 1.807) is 0 Å². The van der Waals surface area contributed by atoms with Crippen molar-refractivity contribution in [2.75, 3.05) is 0 Å². The Morgan fingerprint density at radius 1 is 1.11 bits per heavy atom. The van der Waals surface area contributed by atoms with Crippen LogP contribution in [0.1, 0.15) is 16.7 Å². The van der Waals surface area contributed by atoms with Gasteiger partial charge < -0.3 is 0 Å². The minimum absolute atomic E-state index is 0.0181. The molecule has 0 saturated heterocycles. The van der Waals surface area contributed by atoms with Crippen molar-refractivity contribution in [2.24, 2.45) is 0 Å². The highest BCUT2D eigenvalue weighted by molar-refractivity contribution is 6.30. The molecule has 98 valence electrons. The molecule has 0 aliphatic heterocycles. The van der Waals surface area contributed by atoms with E-state index in [1.165, 1.54) is 18.2 Å². The lowest BCUT2D eigenvalue weighted by Gasteiger charge is -2.06. The van der Waals surface area contributed by atoms with Crippen molar-refractivity contribution in [1.29, 1.82) is 0 Å². The van der Waals surface area contributed by atoms with Gasteiger partial charge in [0.15, 0.2) is 0 Å². The third-order valence-corrected chi connectivity index (χ3v) is 3.28. The molecule has 2 aromatic rings. The highest BCUT2D eigenvalue weighted by Gasteiger charge is 2.10. The monoisotopic (exact) mass is 276 g/mol. The predicted molar refractivity (Wildman–Crippen MR) is 75.0 cm³/mol. The molecule has 1 nitrogen and oxygen atoms in total. The van der Waals surface area contributed by atoms with Gasteiger partial charge in [0, 0.05) is 17.9 Å². The highest BCUT2D eigenvalue weighted by atomic mass is 35.5. The topological polar surface area (TPSA) is 17.1 Å². The van der Waals surface area contributed by atoms with Gasteiger partial charge in [0.25, 0.3) is 0 Å². The van der Waals surface area contributed by atoms with Gasteiger partial charge in [-0.15, -0.1) is 0 Å². The van der Waals surface area contributed by atoms with Gasteiger partial charge >= 0.3 is 0 Å². The number of halogens is 2. The van der Waals surface area contributed by atoms with Crippen LogP contribution in [0.15, 0.2) is 42.5 Å². The summed E-state index contributed by atoms with van der Waals surface area (Å²) in [6.07, 6.45) is 0.388. The lowest BCUT2D eigenvalue weighted by molar-refractivity contribution is -0.117. The number of carbonyl (C=O) groups is 1. The molecule has 0 atom stereocenters. The Morgan fingerprint density at radius 2 is 1.79 bits per heavy atom. The van der Waals surface area contributed by atoms with Crippen LogP contribution in [0.2, 0.25) is 5.02 Å². The molecule has 0 unspecified atom stereocenters. The predicted octanol–water partition coefficient (Wildman–Crippen LogP) is 4.14. The van der Waals surface area contributed by atoms with Gasteiger partial charge in [-0.25, -0.2) is 4.39 Å². The maximum Gasteiger partial charge on any atom is 0.141 e. The van der Waals surface area contributed by atoms with Gasteiger partial charge in [-0.1, -0.05) is 35.9 Å². The molecule has 0 N–H and O–H groups in total. The summed E-state index contributed by atoms with van der Waals surface area (Å²) >= 11 is 5.81. The van der Waals surface area contributed by atoms with Crippen molar-refractivity contribution < 1.29 is 9.18 Å². The lowest BCUT2D eigenvalue weighted by atomic mass is 9.99. The molecule has 0 radical (unpaired) electrons. The van der Waals surface area contributed by atoms with E-state index in [4.69, 9.17) is 11.6 Å². The minimum Gasteiger partial charge on any atom is -0.299 e. The zero-order chi connectivity index (χ0) is 13.8. The average Bonchev–Trinajstić information content (AvgIpc) is 2.37. The van der Waals surface area contributed by atoms with Gasteiger partial charge in [0.05, 0.1) is 0 Å². The zero-order valence-electron chi connectivity index (χ0n) is 10.6. The summed E-state index contributed by atoms with van der Waals surface area (Å²) in [4.78, 5) is 12.0. The Morgan fingerprint density at radius 3 is 2.53 bits per heavy atom. The number of aryl methyl sites for hydroxylation is 1. The first kappa shape index (κ1) is 13.8. The van der Waals surface area contributed by atoms with Crippen LogP contribution in [0.25, 0.3) is 0 Å². The normalized spacial score (nSPS) is 10.5. The zero-order valence-corrected chi connectivity index (χ0v) is 11.4. The summed E-state index contributed by atoms with van der Waals surface area (Å²) in [5.41, 5.74) is 2.41. The standard InChI is InChI=1S/C16H14ClFO/c1-11-4-2-3-5-12(11)9-15(19)10-13-8-14(17)6-7-16(13)18/h2-8H,9-10H2,1H3. The smallest absolute Gasteiger partial charge is 0.141 e. The third kappa shape index (κ3) is 3.65. The van der Waals surface area contributed by atoms with Crippen molar-refractivity contribution in [3.8, 4) is 0 Å². The molecule has 0 heterocycles. The van der Waals surface area contributed by atoms with Crippen molar-refractivity contribution in [3.63, 3.8) is 0 Å². The van der Waals surface area contributed by atoms with E-state index in [-0.39, 0.29) is 18.0 Å². The molecule has 19 heavy (non-hydrogen) atoms. The summed E-state index contributed by atoms with van der Waals surface area (Å²) in [6.45, 7) is 1.96. The fourth-order valence-corrected chi connectivity index (χ4v) is 2.17. The third-order valence-electron chi connectivity index (χ3n) is 3.04. The van der Waals surface area contributed by atoms with Gasteiger partial charge in [-0.2, -0.15) is 0 Å². The molecule has 0 saturated carbocycles. The van der Waals surface area contributed by atoms with Crippen LogP contribution in [-0.4, -0.2) is 5.78 Å². The Kier molecular flexibility index (Phi) is 4.33. The second-order valence-corrected chi connectivity index (χ2v) is 4.99. The van der Waals surface area contributed by atoms with Gasteiger partial charge in [-0.3, -0.25) is 4.79 Å². The fourth-order valence-electron chi connectivity index (χ4n) is 1.97. The maximum absolute atomic E-state index is 13.5. The first-order valence-electron chi connectivity index (χ1n) is 6.06. The number of benzene rings is 2. The SMILES string of the molecule is Cc1ccccc1CC(=O)Cc1cc(Cl)ccc1F. The summed E-state index contributed by atoms with van der Waals surface area (Å²) in [5.74, 6) is -0.405. The van der Waals surface area contributed by atoms with Crippen molar-refractivity contribution >= 4 is 17.4 Å². The highest BCUT2D eigenvalue weighted by Crippen LogP contribution is 2.17. The molecule has 3 heteroatoms. The Hall–Kier alpha value is -1.67. The fraction of sp³-hybridized carbons (Fsp3) is 0.188. The molecule has 0 bridgehead atoms. The van der Waals surface area contributed by atoms with Crippen LogP contribution in [0.4, 0.5) is 4.39 Å². The first-order chi connectivity index (χ1) is 9.06. The second kappa shape index (κ2) is 5.98. The Balaban J connectivity index is 2.10. The number of ketones is 1. The van der Waals surface area contributed by atoms with E-state index in [0.717, 1.165) is 11.1 Å². The number of hydrogen-bond acceptors (Lipinski definition) is 1. The van der Waals surface area contributed by atoms with Crippen LogP contribution < -0.4 is 0 Å². The molecule has 0 spiro atoms. The van der Waals surface area contributed by atoms with E-state index in [1.807, 2.05) is 31.2 Å². The average molecular weight is 277 g/mol. The van der Waals surface area contributed by atoms with E-state index in [0.29, 0.717) is 17.0 Å². The first-order valence-corrected chi connectivity index (χ1v) is 6.44. The number of Topliss-reactive ketones (excluding diaryl/α,β-unsaturated/α-hetero) is 1. The molecule has 0 amide bonds. The van der Waals surface area contributed by atoms with Crippen molar-refractivity contribution in [1.82, 2.24) is 0 Å². The Labute approximate surface area is 117 Å². The molecular formula is C16H14ClFO. The second-order valence-electron chi connectivity index (χ2n) is 4.55. The lowest BCUT2D eigenvalue weighted by Crippen LogP contribution is -2.08. The van der Waals surface area contributed by atoms with Gasteiger partial charge in [-0.05, 0) is 41.8 Å². The van der Waals surface area contributed by atoms with Crippen molar-refractivity contribution in [2.45, 2.75) is 19.8 Å². The quantitative estimate of drug-likeness (QED) is 0.820. The van der Waals surface area contributed by atoms with E-state index < -0.39 is 0 Å². The largest absolute Gasteiger partial charge is 0.299 e. The molecular weight excluding hydrogens is 263 g/mol. The van der Waals surface area contributed by atoms with Gasteiger partial charge in [0.1, 0.15) is 11.6 Å². The van der Waals surface area contributed by atoms with E-state index in [9.17, 15) is 9.18 Å². The maximum atomic E-state index is 13.5. The number of carbonyl (C=O) groups excluding carboxylic acids is 1. The van der Waals surface area contributed by atoms with Crippen LogP contribution in [-0.2, 0) is 17.6 Å². The molecule has 0 fully saturated rings. The summed E-state index contributed by atoms with van der Waals surface area (Å²) < 4.78 is 13.5. The van der Waals surface area contributed by atoms with Crippen LogP contribution in [0.3, 0.4) is 0 Å². The van der Waals surface area contributed by atoms with Crippen LogP contribution in [0, 0.1) is 12.7 Å². The molecule has 0 aliphatic rings. The van der Waals surface area contributed by atoms with E-state index >= 15 is 0 Å². The number of rotatable bonds is 4. The molecule has 0 aromatic heterocycles. The van der Waals surface area contributed by atoms with Gasteiger partial charge in [0.2, 0.25) is 0 Å². The minimum atomic E-state index is -0.387. The summed E-state index contributed by atoms with van der Waals surface area (Å²) in [7, 11) is 0. The summed E-state index contributed by atoms with van der Waals surface area (Å²) in [5, 5.41) is 0.445.